The first-order valence-corrected chi connectivity index (χ1v) is 46.4. The summed E-state index contributed by atoms with van der Waals surface area (Å²) in [4.78, 5) is 48.1. The van der Waals surface area contributed by atoms with Gasteiger partial charge in [-0.05, 0) is 173 Å². The predicted octanol–water partition coefficient (Wildman–Crippen LogP) is 30.8. The van der Waals surface area contributed by atoms with E-state index in [9.17, 15) is 0 Å². The maximum atomic E-state index is 5.42. The molecule has 2 aliphatic rings. The van der Waals surface area contributed by atoms with Crippen molar-refractivity contribution < 1.29 is 4.74 Å². The Morgan fingerprint density at radius 3 is 1.10 bits per heavy atom. The topological polar surface area (TPSA) is 241 Å². The second-order valence-corrected chi connectivity index (χ2v) is 20.6. The minimum absolute atomic E-state index is 0.711. The summed E-state index contributed by atoms with van der Waals surface area (Å²) in [5.41, 5.74) is 10.2. The second kappa shape index (κ2) is 120. The molecule has 2 aliphatic heterocycles. The zero-order valence-corrected chi connectivity index (χ0v) is 85.3. The number of para-hydroxylation sites is 4. The zero-order valence-electron chi connectivity index (χ0n) is 84.5. The van der Waals surface area contributed by atoms with Gasteiger partial charge in [0.15, 0.2) is 0 Å². The number of aromatic nitrogens is 18. The molecule has 9 aromatic heterocycles. The van der Waals surface area contributed by atoms with Crippen LogP contribution < -0.4 is 4.74 Å². The summed E-state index contributed by atoms with van der Waals surface area (Å²) in [7, 11) is 0. The van der Waals surface area contributed by atoms with E-state index in [1.54, 1.807) is 74.5 Å². The van der Waals surface area contributed by atoms with Crippen molar-refractivity contribution in [1.82, 2.24) is 90.4 Å². The molecule has 11 heterocycles. The minimum Gasteiger partial charge on any atom is -0.493 e. The maximum Gasteiger partial charge on any atom is 0.147 e. The van der Waals surface area contributed by atoms with Gasteiger partial charge >= 0.3 is 0 Å². The van der Waals surface area contributed by atoms with Gasteiger partial charge in [0, 0.05) is 77.9 Å². The van der Waals surface area contributed by atoms with Crippen molar-refractivity contribution in [2.45, 2.75) is 294 Å². The van der Waals surface area contributed by atoms with Crippen molar-refractivity contribution in [3.63, 3.8) is 0 Å². The summed E-state index contributed by atoms with van der Waals surface area (Å²) < 4.78 is 5.42. The Morgan fingerprint density at radius 2 is 0.702 bits per heavy atom. The van der Waals surface area contributed by atoms with Crippen LogP contribution in [0.3, 0.4) is 0 Å². The first-order valence-electron chi connectivity index (χ1n) is 45.5. The maximum absolute atomic E-state index is 5.42. The van der Waals surface area contributed by atoms with Gasteiger partial charge in [-0.2, -0.15) is 20.4 Å². The number of benzene rings is 5. The van der Waals surface area contributed by atoms with E-state index in [-0.39, 0.29) is 0 Å². The van der Waals surface area contributed by atoms with Crippen LogP contribution in [-0.2, 0) is 12.8 Å². The van der Waals surface area contributed by atoms with Crippen LogP contribution >= 0.6 is 11.8 Å². The highest BCUT2D eigenvalue weighted by Crippen LogP contribution is 2.29. The number of nitrogens with zero attached hydrogens (tertiary/aromatic N) is 18. The predicted molar refractivity (Wildman–Crippen MR) is 547 cm³/mol. The van der Waals surface area contributed by atoms with Gasteiger partial charge in [0.1, 0.15) is 42.7 Å². The molecular weight excluding hydrogens is 1550 g/mol. The van der Waals surface area contributed by atoms with Gasteiger partial charge in [-0.3, -0.25) is 24.9 Å². The molecule has 5 aromatic carbocycles. The number of thioether (sulfide) groups is 1. The lowest BCUT2D eigenvalue weighted by atomic mass is 10.1. The van der Waals surface area contributed by atoms with Gasteiger partial charge in [0.2, 0.25) is 0 Å². The lowest BCUT2D eigenvalue weighted by Crippen LogP contribution is -2.07. The molecule has 14 aromatic rings. The Hall–Kier alpha value is -11.3. The molecule has 0 saturated heterocycles. The molecule has 0 aliphatic carbocycles. The second-order valence-electron chi connectivity index (χ2n) is 19.5. The van der Waals surface area contributed by atoms with Gasteiger partial charge in [-0.15, -0.1) is 22.0 Å². The Morgan fingerprint density at radius 1 is 0.258 bits per heavy atom. The molecule has 0 atom stereocenters. The summed E-state index contributed by atoms with van der Waals surface area (Å²) in [6, 6.07) is 54.8. The van der Waals surface area contributed by atoms with E-state index in [4.69, 9.17) is 4.74 Å². The monoisotopic (exact) mass is 1720 g/mol. The molecule has 0 fully saturated rings. The largest absolute Gasteiger partial charge is 0.493 e. The first-order chi connectivity index (χ1) is 61.2. The van der Waals surface area contributed by atoms with Crippen LogP contribution in [0.2, 0.25) is 0 Å². The fraction of sp³-hybridized carbons (Fsp3) is 0.423. The van der Waals surface area contributed by atoms with Gasteiger partial charge in [-0.1, -0.05) is 319 Å². The summed E-state index contributed by atoms with van der Waals surface area (Å²) in [5, 5.41) is 25.1. The fourth-order valence-electron chi connectivity index (χ4n) is 7.59. The molecule has 0 radical (unpaired) electrons. The number of ether oxygens (including phenoxy) is 1. The Bertz CT molecular complexity index is 3410. The van der Waals surface area contributed by atoms with Crippen LogP contribution in [-0.4, -0.2) is 103 Å². The molecule has 19 nitrogen and oxygen atoms in total. The third-order valence-corrected chi connectivity index (χ3v) is 13.4. The summed E-state index contributed by atoms with van der Waals surface area (Å²) >= 11 is 1.99. The molecule has 0 bridgehead atoms. The molecule has 0 N–H and O–H groups in total. The number of hydrogen-bond acceptors (Lipinski definition) is 20. The Labute approximate surface area is 761 Å². The molecule has 16 rings (SSSR count). The van der Waals surface area contributed by atoms with Crippen LogP contribution in [0, 0.1) is 41.5 Å². The molecule has 20 heteroatoms. The molecule has 0 unspecified atom stereocenters. The average Bonchev–Trinajstić information content (AvgIpc) is 0.896. The first kappa shape index (κ1) is 136. The van der Waals surface area contributed by atoms with Crippen LogP contribution in [0.1, 0.15) is 280 Å². The normalized spacial score (nSPS) is 8.73. The number of pyridine rings is 3. The molecule has 0 spiro atoms. The molecule has 0 amide bonds. The Kier molecular flexibility index (Phi) is 132. The number of hydrogen-bond donors (Lipinski definition) is 0. The number of fused-ring (bicyclic) bond motifs is 5. The summed E-state index contributed by atoms with van der Waals surface area (Å²) in [6.45, 7) is 76.3. The van der Waals surface area contributed by atoms with E-state index in [0.29, 0.717) is 5.82 Å². The van der Waals surface area contributed by atoms with Crippen LogP contribution in [0.15, 0.2) is 275 Å². The van der Waals surface area contributed by atoms with Crippen molar-refractivity contribution >= 4 is 44.5 Å². The fourth-order valence-corrected chi connectivity index (χ4v) is 8.63. The van der Waals surface area contributed by atoms with Gasteiger partial charge in [0.05, 0.1) is 47.4 Å². The molecular formula is C104H170N18OS. The summed E-state index contributed by atoms with van der Waals surface area (Å²) in [6.07, 6.45) is 33.2. The smallest absolute Gasteiger partial charge is 0.147 e. The number of rotatable bonds is 0. The summed E-state index contributed by atoms with van der Waals surface area (Å²) in [5.74, 6) is 3.85. The van der Waals surface area contributed by atoms with Gasteiger partial charge in [-0.25, -0.2) is 34.9 Å². The third kappa shape index (κ3) is 83.0. The van der Waals surface area contributed by atoms with E-state index in [1.165, 1.54) is 82.5 Å². The molecule has 688 valence electrons. The quantitative estimate of drug-likeness (QED) is 0.137. The molecule has 0 saturated carbocycles. The standard InChI is InChI=1S/2C9H7N.C9H10O.C9H10S.C8H6N2.C6H7N.2C5H6N2.3C4H5N3.16C2H6/c1-2-6-9-8(4-1)5-3-7-10-9;1-2-4-9-7-10-6-5-8(9)3-1;2*1-2-6-9-8(4-1)5-3-7-10-9;1-2-4-8-7(3-1)9-5-6-10-8;1-6-2-4-7-5-3-6;1-5-2-3-6-4-7-5;1-5-2-3-6-7-4-5;1-4-6-2-5-3-7-4;1-4-2-6-7-3-5-4;1-4-5-2-3-6-7-4;16*1-2/h2*1-7H;2*1-2,4,6H,3,5,7H2;1-6H;2-5H,1H3;2*2-4H,1H3;3*2-3H,1H3;16*1-2H3. The van der Waals surface area contributed by atoms with Crippen molar-refractivity contribution in [2.75, 3.05) is 12.4 Å². The SMILES string of the molecule is CC.CC.CC.CC.CC.CC.CC.CC.CC.CC.CC.CC.CC.CC.CC.CC.Cc1ccncc1.Cc1ccncn1.Cc1ccnnc1.Cc1cnncn1.Cc1nccnn1.Cc1ncncn1.c1ccc2c(c1)CCCO2.c1ccc2c(c1)CCCS2.c1ccc2cnccc2c1.c1ccc2ncccc2c1.c1ccc2nccnc2c1. The average molecular weight is 1720 g/mol. The highest BCUT2D eigenvalue weighted by atomic mass is 32.2. The van der Waals surface area contributed by atoms with Crippen molar-refractivity contribution in [1.29, 1.82) is 0 Å². The van der Waals surface area contributed by atoms with Crippen LogP contribution in [0.4, 0.5) is 0 Å². The molecule has 124 heavy (non-hydrogen) atoms. The van der Waals surface area contributed by atoms with Gasteiger partial charge in [0.25, 0.3) is 0 Å². The van der Waals surface area contributed by atoms with Crippen molar-refractivity contribution in [2.24, 2.45) is 0 Å². The van der Waals surface area contributed by atoms with Crippen molar-refractivity contribution in [3.8, 4) is 5.75 Å². The Balaban J connectivity index is -0.000000122. The highest BCUT2D eigenvalue weighted by Gasteiger charge is 2.08. The third-order valence-electron chi connectivity index (χ3n) is 12.2. The van der Waals surface area contributed by atoms with E-state index >= 15 is 0 Å². The lowest BCUT2D eigenvalue weighted by molar-refractivity contribution is 0.288. The zero-order chi connectivity index (χ0) is 96.7. The van der Waals surface area contributed by atoms with E-state index < -0.39 is 0 Å². The lowest BCUT2D eigenvalue weighted by Gasteiger charge is -2.15. The van der Waals surface area contributed by atoms with E-state index in [2.05, 4.69) is 151 Å². The van der Waals surface area contributed by atoms with Crippen molar-refractivity contribution in [3.05, 3.63) is 315 Å². The van der Waals surface area contributed by atoms with E-state index in [0.717, 1.165) is 58.1 Å². The minimum atomic E-state index is 0.711. The van der Waals surface area contributed by atoms with Gasteiger partial charge < -0.3 is 4.74 Å². The highest BCUT2D eigenvalue weighted by molar-refractivity contribution is 7.99. The van der Waals surface area contributed by atoms with Crippen LogP contribution in [0.25, 0.3) is 32.7 Å². The number of aryl methyl sites for hydroxylation is 8. The van der Waals surface area contributed by atoms with Crippen LogP contribution in [0.5, 0.6) is 5.75 Å². The van der Waals surface area contributed by atoms with E-state index in [1.807, 2.05) is 390 Å².